The summed E-state index contributed by atoms with van der Waals surface area (Å²) in [6, 6.07) is 12.6. The van der Waals surface area contributed by atoms with Gasteiger partial charge in [0.1, 0.15) is 0 Å². The molecule has 5 nitrogen and oxygen atoms in total. The van der Waals surface area contributed by atoms with E-state index < -0.39 is 17.8 Å². The first-order chi connectivity index (χ1) is 14.3. The second kappa shape index (κ2) is 9.21. The van der Waals surface area contributed by atoms with Crippen LogP contribution in [-0.2, 0) is 6.18 Å². The quantitative estimate of drug-likeness (QED) is 0.497. The van der Waals surface area contributed by atoms with Crippen molar-refractivity contribution in [3.05, 3.63) is 89.4 Å². The molecular weight excluding hydrogens is 416 g/mol. The summed E-state index contributed by atoms with van der Waals surface area (Å²) in [5.74, 6) is -0.0430. The standard InChI is InChI=1S/C22H17F3N4O.Na/c1-13-10-12-27-21(28-13)29-18(15-4-7-16(8-5-15)22(23,24)25)17-9-6-14-3-2-11-26-19(14)20(17)30;/h2-12,18,30H,1H3,(H,27,28,29);/q;+1/p-1/t18-;/m1./s1. The van der Waals surface area contributed by atoms with E-state index in [1.54, 1.807) is 43.5 Å². The first-order valence-electron chi connectivity index (χ1n) is 9.11. The van der Waals surface area contributed by atoms with Crippen molar-refractivity contribution in [3.63, 3.8) is 0 Å². The van der Waals surface area contributed by atoms with Gasteiger partial charge in [-0.3, -0.25) is 4.98 Å². The van der Waals surface area contributed by atoms with Gasteiger partial charge in [-0.1, -0.05) is 36.1 Å². The maximum Gasteiger partial charge on any atom is 1.00 e. The van der Waals surface area contributed by atoms with Gasteiger partial charge in [-0.05, 0) is 47.7 Å². The number of nitrogens with zero attached hydrogens (tertiary/aromatic N) is 3. The Morgan fingerprint density at radius 3 is 2.35 bits per heavy atom. The molecule has 0 saturated heterocycles. The number of aromatic nitrogens is 3. The maximum absolute atomic E-state index is 13.1. The van der Waals surface area contributed by atoms with Gasteiger partial charge in [0, 0.05) is 18.1 Å². The fourth-order valence-electron chi connectivity index (χ4n) is 3.21. The topological polar surface area (TPSA) is 73.8 Å². The van der Waals surface area contributed by atoms with Crippen LogP contribution in [-0.4, -0.2) is 15.0 Å². The minimum Gasteiger partial charge on any atom is -0.871 e. The molecule has 1 atom stereocenters. The molecule has 0 saturated carbocycles. The molecule has 0 aliphatic carbocycles. The molecule has 0 radical (unpaired) electrons. The average molecular weight is 432 g/mol. The number of aryl methyl sites for hydroxylation is 1. The maximum atomic E-state index is 13.1. The molecule has 0 spiro atoms. The van der Waals surface area contributed by atoms with Crippen molar-refractivity contribution in [2.45, 2.75) is 19.1 Å². The van der Waals surface area contributed by atoms with E-state index in [-0.39, 0.29) is 41.3 Å². The van der Waals surface area contributed by atoms with Crippen LogP contribution in [0.25, 0.3) is 10.9 Å². The first kappa shape index (κ1) is 23.0. The monoisotopic (exact) mass is 432 g/mol. The van der Waals surface area contributed by atoms with Crippen molar-refractivity contribution in [2.75, 3.05) is 5.32 Å². The van der Waals surface area contributed by atoms with Gasteiger partial charge in [0.2, 0.25) is 5.95 Å². The summed E-state index contributed by atoms with van der Waals surface area (Å²) in [5, 5.41) is 16.9. The molecule has 2 aromatic carbocycles. The Labute approximate surface area is 198 Å². The van der Waals surface area contributed by atoms with E-state index >= 15 is 0 Å². The summed E-state index contributed by atoms with van der Waals surface area (Å²) in [7, 11) is 0. The third-order valence-corrected chi connectivity index (χ3v) is 4.71. The van der Waals surface area contributed by atoms with E-state index in [1.165, 1.54) is 18.3 Å². The number of alkyl halides is 3. The molecule has 2 heterocycles. The largest absolute Gasteiger partial charge is 1.00 e. The molecule has 0 bridgehead atoms. The van der Waals surface area contributed by atoms with Gasteiger partial charge >= 0.3 is 35.7 Å². The Morgan fingerprint density at radius 1 is 0.935 bits per heavy atom. The molecule has 0 aliphatic heterocycles. The normalized spacial score (nSPS) is 12.3. The Morgan fingerprint density at radius 2 is 1.68 bits per heavy atom. The van der Waals surface area contributed by atoms with E-state index in [0.717, 1.165) is 12.1 Å². The van der Waals surface area contributed by atoms with Gasteiger partial charge in [-0.15, -0.1) is 0 Å². The van der Waals surface area contributed by atoms with E-state index in [2.05, 4.69) is 20.3 Å². The number of hydrogen-bond acceptors (Lipinski definition) is 5. The van der Waals surface area contributed by atoms with Gasteiger partial charge < -0.3 is 10.4 Å². The van der Waals surface area contributed by atoms with E-state index in [9.17, 15) is 18.3 Å². The number of rotatable bonds is 4. The molecule has 4 aromatic rings. The van der Waals surface area contributed by atoms with E-state index in [1.807, 2.05) is 0 Å². The molecule has 0 amide bonds. The van der Waals surface area contributed by atoms with E-state index in [4.69, 9.17) is 0 Å². The molecular formula is C22H16F3N4NaO. The fraction of sp³-hybridized carbons (Fsp3) is 0.136. The Balaban J connectivity index is 0.00000272. The molecule has 31 heavy (non-hydrogen) atoms. The number of nitrogens with one attached hydrogen (secondary N) is 1. The predicted octanol–water partition coefficient (Wildman–Crippen LogP) is 1.63. The molecule has 0 aliphatic rings. The van der Waals surface area contributed by atoms with Crippen LogP contribution in [0.5, 0.6) is 5.75 Å². The number of fused-ring (bicyclic) bond motifs is 1. The van der Waals surface area contributed by atoms with Crippen LogP contribution < -0.4 is 40.0 Å². The zero-order valence-electron chi connectivity index (χ0n) is 16.8. The smallest absolute Gasteiger partial charge is 0.871 e. The van der Waals surface area contributed by atoms with Crippen molar-refractivity contribution in [2.24, 2.45) is 0 Å². The summed E-state index contributed by atoms with van der Waals surface area (Å²) in [6.07, 6.45) is -1.36. The zero-order chi connectivity index (χ0) is 21.3. The second-order valence-electron chi connectivity index (χ2n) is 6.78. The van der Waals surface area contributed by atoms with Crippen molar-refractivity contribution in [1.82, 2.24) is 15.0 Å². The third kappa shape index (κ3) is 4.98. The average Bonchev–Trinajstić information content (AvgIpc) is 2.72. The van der Waals surface area contributed by atoms with Crippen LogP contribution in [0.3, 0.4) is 0 Å². The van der Waals surface area contributed by atoms with Crippen LogP contribution in [0, 0.1) is 6.92 Å². The number of pyridine rings is 1. The van der Waals surface area contributed by atoms with Gasteiger partial charge in [0.25, 0.3) is 0 Å². The molecule has 1 N–H and O–H groups in total. The summed E-state index contributed by atoms with van der Waals surface area (Å²) in [6.45, 7) is 1.79. The van der Waals surface area contributed by atoms with Gasteiger partial charge in [0.05, 0.1) is 17.1 Å². The number of benzene rings is 2. The summed E-state index contributed by atoms with van der Waals surface area (Å²) < 4.78 is 38.9. The molecule has 152 valence electrons. The molecule has 9 heteroatoms. The molecule has 2 aromatic heterocycles. The zero-order valence-corrected chi connectivity index (χ0v) is 18.8. The Hall–Kier alpha value is -2.68. The predicted molar refractivity (Wildman–Crippen MR) is 105 cm³/mol. The minimum absolute atomic E-state index is 0. The number of anilines is 1. The summed E-state index contributed by atoms with van der Waals surface area (Å²) in [5.41, 5.74) is 1.05. The second-order valence-corrected chi connectivity index (χ2v) is 6.78. The van der Waals surface area contributed by atoms with Crippen LogP contribution in [0.15, 0.2) is 67.0 Å². The van der Waals surface area contributed by atoms with Crippen LogP contribution >= 0.6 is 0 Å². The van der Waals surface area contributed by atoms with Crippen LogP contribution in [0.2, 0.25) is 0 Å². The van der Waals surface area contributed by atoms with Crippen molar-refractivity contribution in [3.8, 4) is 5.75 Å². The van der Waals surface area contributed by atoms with Gasteiger partial charge in [-0.2, -0.15) is 13.2 Å². The van der Waals surface area contributed by atoms with Crippen molar-refractivity contribution < 1.29 is 47.8 Å². The third-order valence-electron chi connectivity index (χ3n) is 4.71. The number of halogens is 3. The van der Waals surface area contributed by atoms with Gasteiger partial charge in [0.15, 0.2) is 0 Å². The Kier molecular flexibility index (Phi) is 6.83. The summed E-state index contributed by atoms with van der Waals surface area (Å²) >= 11 is 0. The Bertz CT molecular complexity index is 1200. The van der Waals surface area contributed by atoms with Gasteiger partial charge in [-0.25, -0.2) is 9.97 Å². The molecule has 4 rings (SSSR count). The fourth-order valence-corrected chi connectivity index (χ4v) is 3.21. The van der Waals surface area contributed by atoms with Crippen molar-refractivity contribution in [1.29, 1.82) is 0 Å². The first-order valence-corrected chi connectivity index (χ1v) is 9.11. The van der Waals surface area contributed by atoms with Crippen LogP contribution in [0.4, 0.5) is 19.1 Å². The van der Waals surface area contributed by atoms with Crippen molar-refractivity contribution >= 4 is 16.9 Å². The van der Waals surface area contributed by atoms with Crippen LogP contribution in [0.1, 0.15) is 28.4 Å². The van der Waals surface area contributed by atoms with E-state index in [0.29, 0.717) is 27.7 Å². The number of hydrogen-bond donors (Lipinski definition) is 1. The SMILES string of the molecule is Cc1ccnc(N[C@H](c2ccc(C(F)(F)F)cc2)c2ccc3cccnc3c2[O-])n1.[Na+]. The summed E-state index contributed by atoms with van der Waals surface area (Å²) in [4.78, 5) is 12.6. The minimum atomic E-state index is -4.45. The molecule has 0 unspecified atom stereocenters. The molecule has 0 fully saturated rings.